The van der Waals surface area contributed by atoms with E-state index in [2.05, 4.69) is 85.8 Å². The van der Waals surface area contributed by atoms with Gasteiger partial charge < -0.3 is 20.7 Å². The minimum absolute atomic E-state index is 0.0702. The number of hydrogen-bond acceptors (Lipinski definition) is 7. The van der Waals surface area contributed by atoms with Crippen LogP contribution in [-0.4, -0.2) is 44.1 Å². The van der Waals surface area contributed by atoms with E-state index in [0.717, 1.165) is 86.5 Å². The third-order valence-corrected chi connectivity index (χ3v) is 7.10. The number of rotatable bonds is 16. The van der Waals surface area contributed by atoms with Crippen molar-refractivity contribution in [3.63, 3.8) is 0 Å². The molecule has 7 heteroatoms. The van der Waals surface area contributed by atoms with Crippen LogP contribution in [0.25, 0.3) is 10.9 Å². The largest absolute Gasteiger partial charge is 0.493 e. The summed E-state index contributed by atoms with van der Waals surface area (Å²) in [5.74, 6) is 0.871. The third-order valence-electron chi connectivity index (χ3n) is 7.10. The van der Waals surface area contributed by atoms with Crippen LogP contribution < -0.4 is 26.0 Å². The molecule has 0 radical (unpaired) electrons. The van der Waals surface area contributed by atoms with Gasteiger partial charge in [0.2, 0.25) is 0 Å². The molecule has 1 aliphatic heterocycles. The number of hydrogen-bond donors (Lipinski definition) is 4. The van der Waals surface area contributed by atoms with Crippen molar-refractivity contribution in [2.75, 3.05) is 38.1 Å². The van der Waals surface area contributed by atoms with Crippen molar-refractivity contribution in [1.29, 1.82) is 0 Å². The summed E-state index contributed by atoms with van der Waals surface area (Å²) in [4.78, 5) is 8.96. The van der Waals surface area contributed by atoms with Crippen LogP contribution >= 0.6 is 0 Å². The second kappa shape index (κ2) is 15.0. The van der Waals surface area contributed by atoms with Crippen molar-refractivity contribution in [2.45, 2.75) is 38.3 Å². The van der Waals surface area contributed by atoms with E-state index in [1.807, 2.05) is 30.5 Å². The summed E-state index contributed by atoms with van der Waals surface area (Å²) in [7, 11) is 0. The average Bonchev–Trinajstić information content (AvgIpc) is 3.00. The minimum atomic E-state index is 0.0702. The molecule has 0 saturated heterocycles. The normalized spacial score (nSPS) is 14.1. The molecule has 7 nitrogen and oxygen atoms in total. The van der Waals surface area contributed by atoms with E-state index in [1.165, 1.54) is 10.9 Å². The van der Waals surface area contributed by atoms with Gasteiger partial charge >= 0.3 is 0 Å². The summed E-state index contributed by atoms with van der Waals surface area (Å²) in [6, 6.07) is 27.1. The molecular weight excluding hydrogens is 496 g/mol. The Hall–Kier alpha value is -3.94. The Balaban J connectivity index is 0.931. The second-order valence-corrected chi connectivity index (χ2v) is 10.1. The van der Waals surface area contributed by atoms with Gasteiger partial charge in [-0.25, -0.2) is 4.99 Å². The van der Waals surface area contributed by atoms with Gasteiger partial charge in [-0.05, 0) is 81.6 Å². The number of aryl methyl sites for hydroxylation is 1. The number of fused-ring (bicyclic) bond motifs is 2. The molecule has 0 saturated carbocycles. The number of nitrogens with one attached hydrogen (secondary N) is 4. The van der Waals surface area contributed by atoms with Gasteiger partial charge in [0, 0.05) is 35.4 Å². The zero-order valence-electron chi connectivity index (χ0n) is 23.1. The first-order valence-electron chi connectivity index (χ1n) is 14.5. The van der Waals surface area contributed by atoms with Gasteiger partial charge in [-0.2, -0.15) is 0 Å². The Bertz CT molecular complexity index is 1350. The highest BCUT2D eigenvalue weighted by Crippen LogP contribution is 2.31. The summed E-state index contributed by atoms with van der Waals surface area (Å²) in [6.07, 6.45) is 9.10. The van der Waals surface area contributed by atoms with Gasteiger partial charge in [0.1, 0.15) is 11.9 Å². The number of benzene rings is 3. The standard InChI is InChI=1S/C33H40N6O/c1-2-10-26(11-3-1)12-8-21-37-33-29-16-15-27(24-32(29)38-25-39-33)40-23-9-19-34-18-6-7-20-35-31-17-22-36-30-14-5-4-13-28(30)31/h1-5,10-11,13-17,22,24-25,33-34,37H,6-9,12,18-21,23H2,(H,35,36)(H,38,39). The zero-order chi connectivity index (χ0) is 27.2. The lowest BCUT2D eigenvalue weighted by Crippen LogP contribution is -2.35. The fourth-order valence-electron chi connectivity index (χ4n) is 4.95. The molecule has 5 rings (SSSR count). The number of unbranched alkanes of at least 4 members (excludes halogenated alkanes) is 1. The summed E-state index contributed by atoms with van der Waals surface area (Å²) in [6.45, 7) is 4.54. The van der Waals surface area contributed by atoms with Crippen molar-refractivity contribution in [3.8, 4) is 5.75 Å². The summed E-state index contributed by atoms with van der Waals surface area (Å²) < 4.78 is 6.01. The molecule has 40 heavy (non-hydrogen) atoms. The summed E-state index contributed by atoms with van der Waals surface area (Å²) in [5.41, 5.74) is 5.68. The van der Waals surface area contributed by atoms with Crippen LogP contribution in [0.2, 0.25) is 0 Å². The van der Waals surface area contributed by atoms with Gasteiger partial charge in [-0.3, -0.25) is 10.3 Å². The molecule has 1 aromatic heterocycles. The van der Waals surface area contributed by atoms with E-state index < -0.39 is 0 Å². The predicted octanol–water partition coefficient (Wildman–Crippen LogP) is 5.97. The number of ether oxygens (including phenoxy) is 1. The van der Waals surface area contributed by atoms with E-state index in [9.17, 15) is 0 Å². The fourth-order valence-corrected chi connectivity index (χ4v) is 4.95. The SMILES string of the molecule is C1=Nc2cc(OCCCNCCCCNc3ccnc4ccccc34)ccc2C(NCCCc2ccccc2)N1. The molecule has 1 aliphatic rings. The van der Waals surface area contributed by atoms with Gasteiger partial charge in [0.25, 0.3) is 0 Å². The van der Waals surface area contributed by atoms with Crippen molar-refractivity contribution < 1.29 is 4.74 Å². The maximum atomic E-state index is 6.01. The second-order valence-electron chi connectivity index (χ2n) is 10.1. The Kier molecular flexibility index (Phi) is 10.4. The van der Waals surface area contributed by atoms with E-state index in [1.54, 1.807) is 6.34 Å². The van der Waals surface area contributed by atoms with Crippen LogP contribution in [0.1, 0.15) is 43.0 Å². The van der Waals surface area contributed by atoms with Crippen LogP contribution in [0.15, 0.2) is 90.1 Å². The molecule has 1 atom stereocenters. The molecule has 2 heterocycles. The average molecular weight is 537 g/mol. The number of pyridine rings is 1. The smallest absolute Gasteiger partial charge is 0.121 e. The van der Waals surface area contributed by atoms with Gasteiger partial charge in [0.05, 0.1) is 24.1 Å². The highest BCUT2D eigenvalue weighted by molar-refractivity contribution is 5.90. The number of aromatic nitrogens is 1. The van der Waals surface area contributed by atoms with E-state index in [0.29, 0.717) is 6.61 Å². The van der Waals surface area contributed by atoms with Crippen molar-refractivity contribution in [2.24, 2.45) is 4.99 Å². The number of anilines is 1. The molecule has 4 aromatic rings. The molecule has 0 bridgehead atoms. The first kappa shape index (κ1) is 27.6. The van der Waals surface area contributed by atoms with Gasteiger partial charge in [0.15, 0.2) is 0 Å². The summed E-state index contributed by atoms with van der Waals surface area (Å²) >= 11 is 0. The summed E-state index contributed by atoms with van der Waals surface area (Å²) in [5, 5.41) is 15.2. The highest BCUT2D eigenvalue weighted by atomic mass is 16.5. The number of nitrogens with zero attached hydrogens (tertiary/aromatic N) is 2. The van der Waals surface area contributed by atoms with E-state index >= 15 is 0 Å². The van der Waals surface area contributed by atoms with Crippen molar-refractivity contribution >= 4 is 28.6 Å². The first-order valence-corrected chi connectivity index (χ1v) is 14.5. The lowest BCUT2D eigenvalue weighted by atomic mass is 10.1. The van der Waals surface area contributed by atoms with E-state index in [4.69, 9.17) is 4.74 Å². The maximum Gasteiger partial charge on any atom is 0.121 e. The van der Waals surface area contributed by atoms with Crippen LogP contribution in [0.4, 0.5) is 11.4 Å². The minimum Gasteiger partial charge on any atom is -0.493 e. The topological polar surface area (TPSA) is 82.6 Å². The number of aliphatic imine (C=N–C) groups is 1. The van der Waals surface area contributed by atoms with Crippen LogP contribution in [0, 0.1) is 0 Å². The monoisotopic (exact) mass is 536 g/mol. The molecular formula is C33H40N6O. The van der Waals surface area contributed by atoms with Gasteiger partial charge in [-0.1, -0.05) is 48.5 Å². The number of para-hydroxylation sites is 1. The molecule has 0 fully saturated rings. The Morgan fingerprint density at radius 1 is 0.800 bits per heavy atom. The molecule has 208 valence electrons. The van der Waals surface area contributed by atoms with Crippen LogP contribution in [0.3, 0.4) is 0 Å². The highest BCUT2D eigenvalue weighted by Gasteiger charge is 2.17. The van der Waals surface area contributed by atoms with E-state index in [-0.39, 0.29) is 6.17 Å². The Labute approximate surface area is 237 Å². The maximum absolute atomic E-state index is 6.01. The third kappa shape index (κ3) is 8.04. The van der Waals surface area contributed by atoms with Crippen molar-refractivity contribution in [3.05, 3.63) is 96.2 Å². The van der Waals surface area contributed by atoms with Crippen molar-refractivity contribution in [1.82, 2.24) is 20.9 Å². The molecule has 0 spiro atoms. The Morgan fingerprint density at radius 3 is 2.60 bits per heavy atom. The molecule has 0 amide bonds. The molecule has 0 aliphatic carbocycles. The molecule has 4 N–H and O–H groups in total. The first-order chi connectivity index (χ1) is 19.9. The predicted molar refractivity (Wildman–Crippen MR) is 166 cm³/mol. The Morgan fingerprint density at radius 2 is 1.65 bits per heavy atom. The van der Waals surface area contributed by atoms with Crippen LogP contribution in [-0.2, 0) is 6.42 Å². The van der Waals surface area contributed by atoms with Gasteiger partial charge in [-0.15, -0.1) is 0 Å². The lowest BCUT2D eigenvalue weighted by Gasteiger charge is -2.24. The molecule has 1 unspecified atom stereocenters. The van der Waals surface area contributed by atoms with Crippen LogP contribution in [0.5, 0.6) is 5.75 Å². The molecule has 3 aromatic carbocycles. The fraction of sp³-hybridized carbons (Fsp3) is 0.333. The quantitative estimate of drug-likeness (QED) is 0.132. The zero-order valence-corrected chi connectivity index (χ0v) is 23.1. The lowest BCUT2D eigenvalue weighted by molar-refractivity contribution is 0.308.